The first-order valence-corrected chi connectivity index (χ1v) is 9.29. The van der Waals surface area contributed by atoms with Crippen molar-refractivity contribution in [1.29, 1.82) is 0 Å². The Morgan fingerprint density at radius 1 is 1.08 bits per heavy atom. The van der Waals surface area contributed by atoms with Gasteiger partial charge in [-0.15, -0.1) is 0 Å². The van der Waals surface area contributed by atoms with Gasteiger partial charge in [0.1, 0.15) is 0 Å². The van der Waals surface area contributed by atoms with Crippen LogP contribution in [-0.4, -0.2) is 40.9 Å². The van der Waals surface area contributed by atoms with Crippen LogP contribution in [0.4, 0.5) is 0 Å². The van der Waals surface area contributed by atoms with Crippen molar-refractivity contribution in [2.24, 2.45) is 0 Å². The monoisotopic (exact) mass is 353 g/mol. The molecular weight excluding hydrogens is 326 g/mol. The van der Waals surface area contributed by atoms with Crippen LogP contribution in [0.15, 0.2) is 30.3 Å². The highest BCUT2D eigenvalue weighted by atomic mass is 16.2. The van der Waals surface area contributed by atoms with Gasteiger partial charge in [-0.1, -0.05) is 12.1 Å². The van der Waals surface area contributed by atoms with Crippen LogP contribution in [0, 0.1) is 20.8 Å². The highest BCUT2D eigenvalue weighted by molar-refractivity contribution is 5.96. The minimum atomic E-state index is -0.119. The number of aromatic nitrogens is 1. The Kier molecular flexibility index (Phi) is 5.45. The zero-order valence-electron chi connectivity index (χ0n) is 15.8. The Morgan fingerprint density at radius 3 is 2.50 bits per heavy atom. The summed E-state index contributed by atoms with van der Waals surface area (Å²) in [6.45, 7) is 8.10. The summed E-state index contributed by atoms with van der Waals surface area (Å²) in [5.41, 5.74) is 4.84. The average Bonchev–Trinajstić information content (AvgIpc) is 3.23. The van der Waals surface area contributed by atoms with Gasteiger partial charge < -0.3 is 14.8 Å². The fourth-order valence-corrected chi connectivity index (χ4v) is 3.66. The molecule has 0 spiro atoms. The molecule has 2 amide bonds. The molecule has 1 aliphatic rings. The number of aryl methyl sites for hydroxylation is 2. The van der Waals surface area contributed by atoms with E-state index in [1.807, 2.05) is 36.9 Å². The second-order valence-corrected chi connectivity index (χ2v) is 7.05. The fourth-order valence-electron chi connectivity index (χ4n) is 3.66. The van der Waals surface area contributed by atoms with Crippen molar-refractivity contribution in [3.8, 4) is 5.69 Å². The number of likely N-dealkylation sites (tertiary alicyclic amines) is 1. The molecule has 0 bridgehead atoms. The minimum Gasteiger partial charge on any atom is -0.351 e. The van der Waals surface area contributed by atoms with Gasteiger partial charge in [0.05, 0.1) is 5.56 Å². The zero-order valence-corrected chi connectivity index (χ0v) is 15.8. The molecule has 1 aliphatic heterocycles. The number of rotatable bonds is 5. The first-order valence-electron chi connectivity index (χ1n) is 9.29. The maximum absolute atomic E-state index is 12.6. The second-order valence-electron chi connectivity index (χ2n) is 7.05. The van der Waals surface area contributed by atoms with Crippen LogP contribution in [-0.2, 0) is 4.79 Å². The van der Waals surface area contributed by atoms with Gasteiger partial charge in [0.25, 0.3) is 5.91 Å². The van der Waals surface area contributed by atoms with E-state index >= 15 is 0 Å². The largest absolute Gasteiger partial charge is 0.351 e. The van der Waals surface area contributed by atoms with Crippen LogP contribution in [0.25, 0.3) is 5.69 Å². The molecule has 0 radical (unpaired) electrons. The molecule has 1 aromatic carbocycles. The molecule has 0 saturated carbocycles. The maximum atomic E-state index is 12.6. The summed E-state index contributed by atoms with van der Waals surface area (Å²) in [6.07, 6.45) is 2.54. The molecule has 0 atom stereocenters. The number of nitrogens with zero attached hydrogens (tertiary/aromatic N) is 2. The average molecular weight is 353 g/mol. The van der Waals surface area contributed by atoms with Crippen LogP contribution in [0.2, 0.25) is 0 Å². The van der Waals surface area contributed by atoms with Crippen molar-refractivity contribution in [3.63, 3.8) is 0 Å². The topological polar surface area (TPSA) is 54.3 Å². The molecule has 0 unspecified atom stereocenters. The van der Waals surface area contributed by atoms with E-state index in [9.17, 15) is 9.59 Å². The third kappa shape index (κ3) is 3.82. The lowest BCUT2D eigenvalue weighted by atomic mass is 10.2. The van der Waals surface area contributed by atoms with Crippen molar-refractivity contribution in [2.45, 2.75) is 40.0 Å². The third-order valence-electron chi connectivity index (χ3n) is 5.02. The van der Waals surface area contributed by atoms with E-state index in [2.05, 4.69) is 28.9 Å². The van der Waals surface area contributed by atoms with E-state index in [4.69, 9.17) is 0 Å². The van der Waals surface area contributed by atoms with E-state index in [0.29, 0.717) is 18.5 Å². The number of carbonyl (C=O) groups excluding carboxylic acids is 2. The predicted molar refractivity (Wildman–Crippen MR) is 103 cm³/mol. The molecule has 0 aliphatic carbocycles. The standard InChI is InChI=1S/C21H27N3O2/c1-15-7-6-8-18(13-15)24-16(2)14-19(17(24)3)21(26)22-10-9-20(25)23-11-4-5-12-23/h6-8,13-14H,4-5,9-12H2,1-3H3,(H,22,26). The quantitative estimate of drug-likeness (QED) is 0.898. The second kappa shape index (κ2) is 7.77. The number of hydrogen-bond acceptors (Lipinski definition) is 2. The van der Waals surface area contributed by atoms with Crippen molar-refractivity contribution < 1.29 is 9.59 Å². The van der Waals surface area contributed by atoms with E-state index in [1.165, 1.54) is 5.56 Å². The number of amides is 2. The first kappa shape index (κ1) is 18.2. The van der Waals surface area contributed by atoms with E-state index in [1.54, 1.807) is 0 Å². The molecule has 138 valence electrons. The van der Waals surface area contributed by atoms with Crippen LogP contribution >= 0.6 is 0 Å². The summed E-state index contributed by atoms with van der Waals surface area (Å²) in [5.74, 6) is 0.0132. The lowest BCUT2D eigenvalue weighted by Gasteiger charge is -2.15. The molecule has 26 heavy (non-hydrogen) atoms. The van der Waals surface area contributed by atoms with Gasteiger partial charge in [-0.25, -0.2) is 0 Å². The van der Waals surface area contributed by atoms with Crippen molar-refractivity contribution in [1.82, 2.24) is 14.8 Å². The summed E-state index contributed by atoms with van der Waals surface area (Å²) >= 11 is 0. The number of nitrogens with one attached hydrogen (secondary N) is 1. The van der Waals surface area contributed by atoms with E-state index < -0.39 is 0 Å². The minimum absolute atomic E-state index is 0.119. The Bertz CT molecular complexity index is 817. The van der Waals surface area contributed by atoms with Crippen molar-refractivity contribution in [3.05, 3.63) is 52.8 Å². The molecule has 5 nitrogen and oxygen atoms in total. The normalized spacial score (nSPS) is 13.9. The van der Waals surface area contributed by atoms with E-state index in [0.717, 1.165) is 43.0 Å². The van der Waals surface area contributed by atoms with Gasteiger partial charge >= 0.3 is 0 Å². The molecular formula is C21H27N3O2. The van der Waals surface area contributed by atoms with Gasteiger partial charge in [0.2, 0.25) is 5.91 Å². The summed E-state index contributed by atoms with van der Waals surface area (Å²) in [7, 11) is 0. The third-order valence-corrected chi connectivity index (χ3v) is 5.02. The molecule has 1 N–H and O–H groups in total. The van der Waals surface area contributed by atoms with Crippen LogP contribution in [0.5, 0.6) is 0 Å². The molecule has 1 fully saturated rings. The first-order chi connectivity index (χ1) is 12.5. The molecule has 1 aromatic heterocycles. The Morgan fingerprint density at radius 2 is 1.81 bits per heavy atom. The fraction of sp³-hybridized carbons (Fsp3) is 0.429. The van der Waals surface area contributed by atoms with Gasteiger partial charge in [-0.2, -0.15) is 0 Å². The lowest BCUT2D eigenvalue weighted by molar-refractivity contribution is -0.129. The number of hydrogen-bond donors (Lipinski definition) is 1. The summed E-state index contributed by atoms with van der Waals surface area (Å²) < 4.78 is 2.09. The molecule has 2 heterocycles. The Labute approximate surface area is 155 Å². The zero-order chi connectivity index (χ0) is 18.7. The Balaban J connectivity index is 1.66. The number of benzene rings is 1. The van der Waals surface area contributed by atoms with E-state index in [-0.39, 0.29) is 11.8 Å². The molecule has 5 heteroatoms. The maximum Gasteiger partial charge on any atom is 0.253 e. The Hall–Kier alpha value is -2.56. The highest BCUT2D eigenvalue weighted by Gasteiger charge is 2.19. The van der Waals surface area contributed by atoms with Crippen molar-refractivity contribution >= 4 is 11.8 Å². The van der Waals surface area contributed by atoms with Crippen LogP contribution in [0.3, 0.4) is 0 Å². The lowest BCUT2D eigenvalue weighted by Crippen LogP contribution is -2.32. The van der Waals surface area contributed by atoms with Crippen LogP contribution in [0.1, 0.15) is 46.6 Å². The molecule has 1 saturated heterocycles. The number of carbonyl (C=O) groups is 2. The molecule has 2 aromatic rings. The van der Waals surface area contributed by atoms with Crippen molar-refractivity contribution in [2.75, 3.05) is 19.6 Å². The van der Waals surface area contributed by atoms with Gasteiger partial charge in [-0.05, 0) is 57.4 Å². The highest BCUT2D eigenvalue weighted by Crippen LogP contribution is 2.21. The predicted octanol–water partition coefficient (Wildman–Crippen LogP) is 3.14. The van der Waals surface area contributed by atoms with Gasteiger partial charge in [0, 0.05) is 43.1 Å². The van der Waals surface area contributed by atoms with Gasteiger partial charge in [0.15, 0.2) is 0 Å². The summed E-state index contributed by atoms with van der Waals surface area (Å²) in [4.78, 5) is 26.5. The molecule has 3 rings (SSSR count). The summed E-state index contributed by atoms with van der Waals surface area (Å²) in [6, 6.07) is 10.1. The smallest absolute Gasteiger partial charge is 0.253 e. The van der Waals surface area contributed by atoms with Gasteiger partial charge in [-0.3, -0.25) is 9.59 Å². The SMILES string of the molecule is Cc1cccc(-n2c(C)cc(C(=O)NCCC(=O)N3CCCC3)c2C)c1. The van der Waals surface area contributed by atoms with Crippen LogP contribution < -0.4 is 5.32 Å². The summed E-state index contributed by atoms with van der Waals surface area (Å²) in [5, 5.41) is 2.90.